The normalized spacial score (nSPS) is 11.2. The number of carboxylic acid groups (broad SMARTS) is 2. The van der Waals surface area contributed by atoms with E-state index >= 15 is 0 Å². The maximum absolute atomic E-state index is 11.9. The molecule has 0 fully saturated rings. The van der Waals surface area contributed by atoms with Gasteiger partial charge in [0.1, 0.15) is 11.5 Å². The predicted molar refractivity (Wildman–Crippen MR) is 137 cm³/mol. The van der Waals surface area contributed by atoms with Crippen LogP contribution in [0, 0.1) is 0 Å². The van der Waals surface area contributed by atoms with Gasteiger partial charge in [-0.3, -0.25) is 0 Å². The van der Waals surface area contributed by atoms with Crippen LogP contribution in [-0.2, 0) is 11.4 Å². The molecule has 0 saturated heterocycles. The van der Waals surface area contributed by atoms with Crippen molar-refractivity contribution >= 4 is 41.4 Å². The number of rotatable bonds is 10. The first-order valence-corrected chi connectivity index (χ1v) is 11.9. The summed E-state index contributed by atoms with van der Waals surface area (Å²) in [5.41, 5.74) is 2.03. The number of nitrogens with zero attached hydrogens (tertiary/aromatic N) is 2. The Morgan fingerprint density at radius 2 is 1.81 bits per heavy atom. The molecule has 0 unspecified atom stereocenters. The number of carboxylic acids is 2. The number of aromatic carboxylic acids is 1. The summed E-state index contributed by atoms with van der Waals surface area (Å²) in [6.07, 6.45) is 1.45. The highest BCUT2D eigenvalue weighted by molar-refractivity contribution is 8.03. The molecule has 0 aliphatic heterocycles. The average Bonchev–Trinajstić information content (AvgIpc) is 3.36. The minimum absolute atomic E-state index is 0.0486. The van der Waals surface area contributed by atoms with Crippen molar-refractivity contribution in [1.29, 1.82) is 0 Å². The van der Waals surface area contributed by atoms with Gasteiger partial charge in [-0.25, -0.2) is 9.59 Å². The van der Waals surface area contributed by atoms with E-state index in [0.717, 1.165) is 11.8 Å². The number of hydrogen-bond donors (Lipinski definition) is 2. The van der Waals surface area contributed by atoms with Gasteiger partial charge in [0.05, 0.1) is 12.7 Å². The molecule has 4 rings (SSSR count). The van der Waals surface area contributed by atoms with E-state index in [4.69, 9.17) is 30.6 Å². The quantitative estimate of drug-likeness (QED) is 0.186. The van der Waals surface area contributed by atoms with Crippen molar-refractivity contribution in [2.45, 2.75) is 11.8 Å². The van der Waals surface area contributed by atoms with Gasteiger partial charge in [0.2, 0.25) is 5.89 Å². The number of aromatic nitrogens is 2. The van der Waals surface area contributed by atoms with Crippen LogP contribution >= 0.6 is 23.4 Å². The van der Waals surface area contributed by atoms with E-state index in [2.05, 4.69) is 10.2 Å². The molecule has 9 nitrogen and oxygen atoms in total. The summed E-state index contributed by atoms with van der Waals surface area (Å²) in [4.78, 5) is 23.0. The molecule has 2 N–H and O–H groups in total. The molecule has 0 bridgehead atoms. The van der Waals surface area contributed by atoms with Gasteiger partial charge in [0.25, 0.3) is 5.22 Å². The van der Waals surface area contributed by atoms with E-state index in [1.807, 2.05) is 0 Å². The smallest absolute Gasteiger partial charge is 0.342 e. The highest BCUT2D eigenvalue weighted by Crippen LogP contribution is 2.33. The van der Waals surface area contributed by atoms with Gasteiger partial charge in [-0.1, -0.05) is 29.8 Å². The van der Waals surface area contributed by atoms with Crippen LogP contribution in [0.1, 0.15) is 21.5 Å². The summed E-state index contributed by atoms with van der Waals surface area (Å²) in [6, 6.07) is 18.2. The second kappa shape index (κ2) is 11.6. The summed E-state index contributed by atoms with van der Waals surface area (Å²) in [5.74, 6) is -1.17. The molecule has 0 aliphatic carbocycles. The van der Waals surface area contributed by atoms with Crippen LogP contribution in [0.2, 0.25) is 5.02 Å². The van der Waals surface area contributed by atoms with E-state index in [-0.39, 0.29) is 28.2 Å². The topological polar surface area (TPSA) is 132 Å². The largest absolute Gasteiger partial charge is 0.493 e. The Labute approximate surface area is 220 Å². The lowest BCUT2D eigenvalue weighted by Gasteiger charge is -2.12. The molecule has 37 heavy (non-hydrogen) atoms. The van der Waals surface area contributed by atoms with Crippen molar-refractivity contribution in [3.05, 3.63) is 93.3 Å². The first-order chi connectivity index (χ1) is 17.8. The zero-order chi connectivity index (χ0) is 26.4. The third-order valence-electron chi connectivity index (χ3n) is 4.96. The Bertz CT molecular complexity index is 1470. The number of hydrogen-bond acceptors (Lipinski definition) is 8. The molecular weight excluding hydrogens is 520 g/mol. The van der Waals surface area contributed by atoms with E-state index in [9.17, 15) is 14.7 Å². The van der Waals surface area contributed by atoms with Crippen molar-refractivity contribution in [3.8, 4) is 23.0 Å². The van der Waals surface area contributed by atoms with Gasteiger partial charge in [-0.2, -0.15) is 0 Å². The third kappa shape index (κ3) is 6.69. The number of halogens is 1. The number of thioether (sulfide) groups is 1. The highest BCUT2D eigenvalue weighted by atomic mass is 35.5. The van der Waals surface area contributed by atoms with Crippen molar-refractivity contribution in [2.24, 2.45) is 0 Å². The third-order valence-corrected chi connectivity index (χ3v) is 6.06. The zero-order valence-corrected chi connectivity index (χ0v) is 20.8. The van der Waals surface area contributed by atoms with Gasteiger partial charge < -0.3 is 24.1 Å². The van der Waals surface area contributed by atoms with Gasteiger partial charge in [0, 0.05) is 10.6 Å². The summed E-state index contributed by atoms with van der Waals surface area (Å²) >= 11 is 6.71. The second-order valence-corrected chi connectivity index (χ2v) is 8.93. The van der Waals surface area contributed by atoms with Crippen LogP contribution in [0.5, 0.6) is 11.5 Å². The molecular formula is C26H19ClN2O7S. The van der Waals surface area contributed by atoms with Crippen LogP contribution in [0.25, 0.3) is 17.5 Å². The lowest BCUT2D eigenvalue weighted by molar-refractivity contribution is -0.131. The fourth-order valence-corrected chi connectivity index (χ4v) is 3.99. The summed E-state index contributed by atoms with van der Waals surface area (Å²) < 4.78 is 16.8. The number of aliphatic carboxylic acids is 1. The van der Waals surface area contributed by atoms with Crippen molar-refractivity contribution in [1.82, 2.24) is 10.2 Å². The van der Waals surface area contributed by atoms with Crippen LogP contribution in [0.15, 0.2) is 81.3 Å². The van der Waals surface area contributed by atoms with E-state index < -0.39 is 11.9 Å². The highest BCUT2D eigenvalue weighted by Gasteiger charge is 2.17. The molecule has 0 atom stereocenters. The van der Waals surface area contributed by atoms with E-state index in [0.29, 0.717) is 33.2 Å². The average molecular weight is 539 g/mol. The van der Waals surface area contributed by atoms with Gasteiger partial charge in [0.15, 0.2) is 11.5 Å². The molecule has 3 aromatic carbocycles. The molecule has 1 heterocycles. The molecule has 0 saturated carbocycles. The fourth-order valence-electron chi connectivity index (χ4n) is 3.19. The predicted octanol–water partition coefficient (Wildman–Crippen LogP) is 5.89. The summed E-state index contributed by atoms with van der Waals surface area (Å²) in [7, 11) is 1.46. The van der Waals surface area contributed by atoms with Crippen LogP contribution in [0.3, 0.4) is 0 Å². The Morgan fingerprint density at radius 3 is 2.51 bits per heavy atom. The molecule has 0 spiro atoms. The Morgan fingerprint density at radius 1 is 1.03 bits per heavy atom. The molecule has 4 aromatic rings. The van der Waals surface area contributed by atoms with Crippen LogP contribution < -0.4 is 9.47 Å². The number of ether oxygens (including phenoxy) is 2. The summed E-state index contributed by atoms with van der Waals surface area (Å²) in [5, 5.41) is 27.4. The molecule has 0 aliphatic rings. The van der Waals surface area contributed by atoms with E-state index in [1.165, 1.54) is 25.3 Å². The minimum atomic E-state index is -1.17. The first-order valence-electron chi connectivity index (χ1n) is 10.7. The molecule has 11 heteroatoms. The second-order valence-electron chi connectivity index (χ2n) is 7.50. The Balaban J connectivity index is 1.50. The van der Waals surface area contributed by atoms with Crippen LogP contribution in [-0.4, -0.2) is 39.5 Å². The standard InChI is InChI=1S/C26H19ClN2O7S/c1-34-21-12-15(5-10-20(21)35-14-16-3-2-4-18(11-16)24(30)31)13-22(25(32)33)37-26-29-28-23(36-26)17-6-8-19(27)9-7-17/h2-13H,14H2,1H3,(H,30,31)(H,32,33)/b22-13-. The van der Waals surface area contributed by atoms with Gasteiger partial charge >= 0.3 is 11.9 Å². The lowest BCUT2D eigenvalue weighted by atomic mass is 10.1. The SMILES string of the molecule is COc1cc(/C=C(\Sc2nnc(-c3ccc(Cl)cc3)o2)C(=O)O)ccc1OCc1cccc(C(=O)O)c1. The Hall–Kier alpha value is -4.28. The van der Waals surface area contributed by atoms with Crippen molar-refractivity contribution < 1.29 is 33.7 Å². The first kappa shape index (κ1) is 25.8. The fraction of sp³-hybridized carbons (Fsp3) is 0.0769. The van der Waals surface area contributed by atoms with Crippen molar-refractivity contribution in [3.63, 3.8) is 0 Å². The monoisotopic (exact) mass is 538 g/mol. The number of benzene rings is 3. The molecule has 0 amide bonds. The Kier molecular flexibility index (Phi) is 8.11. The summed E-state index contributed by atoms with van der Waals surface area (Å²) in [6.45, 7) is 0.121. The van der Waals surface area contributed by atoms with Gasteiger partial charge in [-0.05, 0) is 77.5 Å². The number of carbonyl (C=O) groups is 2. The lowest BCUT2D eigenvalue weighted by Crippen LogP contribution is -2.01. The van der Waals surface area contributed by atoms with Crippen molar-refractivity contribution in [2.75, 3.05) is 7.11 Å². The minimum Gasteiger partial charge on any atom is -0.493 e. The molecule has 188 valence electrons. The van der Waals surface area contributed by atoms with Gasteiger partial charge in [-0.15, -0.1) is 10.2 Å². The van der Waals surface area contributed by atoms with E-state index in [1.54, 1.807) is 54.6 Å². The van der Waals surface area contributed by atoms with Crippen LogP contribution in [0.4, 0.5) is 0 Å². The zero-order valence-electron chi connectivity index (χ0n) is 19.3. The molecule has 1 aromatic heterocycles. The molecule has 0 radical (unpaired) electrons. The maximum Gasteiger partial charge on any atom is 0.342 e. The maximum atomic E-state index is 11.9. The number of methoxy groups -OCH3 is 1.